The first-order valence-corrected chi connectivity index (χ1v) is 7.53. The van der Waals surface area contributed by atoms with Gasteiger partial charge in [-0.25, -0.2) is 9.97 Å². The Hall–Kier alpha value is -0.290. The summed E-state index contributed by atoms with van der Waals surface area (Å²) >= 11 is 5.48. The molecule has 2 rings (SSSR count). The molecule has 0 aromatic carbocycles. The van der Waals surface area contributed by atoms with Crippen LogP contribution >= 0.6 is 27.7 Å². The predicted molar refractivity (Wildman–Crippen MR) is 73.2 cm³/mol. The topological polar surface area (TPSA) is 29.0 Å². The van der Waals surface area contributed by atoms with Crippen molar-refractivity contribution >= 4 is 33.5 Å². The summed E-state index contributed by atoms with van der Waals surface area (Å²) in [5, 5.41) is 0. The summed E-state index contributed by atoms with van der Waals surface area (Å²) in [6.07, 6.45) is 0.878. The van der Waals surface area contributed by atoms with Crippen molar-refractivity contribution in [3.05, 3.63) is 16.5 Å². The van der Waals surface area contributed by atoms with Crippen LogP contribution in [0.4, 0.5) is 5.82 Å². The Morgan fingerprint density at radius 3 is 3.06 bits per heavy atom. The van der Waals surface area contributed by atoms with Crippen LogP contribution in [0.25, 0.3) is 0 Å². The van der Waals surface area contributed by atoms with Crippen molar-refractivity contribution in [2.24, 2.45) is 0 Å². The molecule has 2 heterocycles. The van der Waals surface area contributed by atoms with Crippen molar-refractivity contribution in [3.63, 3.8) is 0 Å². The highest BCUT2D eigenvalue weighted by molar-refractivity contribution is 9.10. The first-order valence-electron chi connectivity index (χ1n) is 5.58. The van der Waals surface area contributed by atoms with Gasteiger partial charge >= 0.3 is 0 Å². The molecular formula is C11H16BrN3S. The molecule has 0 amide bonds. The van der Waals surface area contributed by atoms with Crippen LogP contribution < -0.4 is 4.90 Å². The average molecular weight is 302 g/mol. The number of thioether (sulfide) groups is 1. The number of nitrogens with zero attached hydrogens (tertiary/aromatic N) is 3. The number of rotatable bonds is 2. The number of hydrogen-bond donors (Lipinski definition) is 0. The minimum atomic E-state index is 0.560. The quantitative estimate of drug-likeness (QED) is 0.786. The number of hydrogen-bond acceptors (Lipinski definition) is 4. The number of aryl methyl sites for hydroxylation is 1. The van der Waals surface area contributed by atoms with Crippen molar-refractivity contribution in [1.29, 1.82) is 0 Å². The third-order valence-corrected chi connectivity index (χ3v) is 4.30. The first kappa shape index (κ1) is 12.2. The van der Waals surface area contributed by atoms with E-state index in [0.717, 1.165) is 29.2 Å². The average Bonchev–Trinajstić information content (AvgIpc) is 2.28. The Bertz CT molecular complexity index is 372. The SMILES string of the molecule is CCc1nc(Br)cc(N2CCSCC2C)n1. The van der Waals surface area contributed by atoms with E-state index in [1.807, 2.05) is 17.8 Å². The van der Waals surface area contributed by atoms with Gasteiger partial charge in [0.1, 0.15) is 16.2 Å². The molecule has 0 bridgehead atoms. The van der Waals surface area contributed by atoms with Crippen LogP contribution in [0.15, 0.2) is 10.7 Å². The lowest BCUT2D eigenvalue weighted by molar-refractivity contribution is 0.684. The van der Waals surface area contributed by atoms with E-state index >= 15 is 0 Å². The van der Waals surface area contributed by atoms with E-state index in [1.165, 1.54) is 11.5 Å². The van der Waals surface area contributed by atoms with Crippen LogP contribution in [-0.2, 0) is 6.42 Å². The van der Waals surface area contributed by atoms with E-state index < -0.39 is 0 Å². The van der Waals surface area contributed by atoms with Gasteiger partial charge in [-0.2, -0.15) is 11.8 Å². The van der Waals surface area contributed by atoms with Crippen molar-refractivity contribution < 1.29 is 0 Å². The summed E-state index contributed by atoms with van der Waals surface area (Å²) in [4.78, 5) is 11.3. The lowest BCUT2D eigenvalue weighted by Gasteiger charge is -2.34. The fraction of sp³-hybridized carbons (Fsp3) is 0.636. The fourth-order valence-corrected chi connectivity index (χ4v) is 3.25. The summed E-state index contributed by atoms with van der Waals surface area (Å²) in [5.41, 5.74) is 0. The molecule has 0 spiro atoms. The van der Waals surface area contributed by atoms with Gasteiger partial charge in [0.2, 0.25) is 0 Å². The van der Waals surface area contributed by atoms with Gasteiger partial charge in [0, 0.05) is 36.6 Å². The summed E-state index contributed by atoms with van der Waals surface area (Å²) < 4.78 is 0.889. The summed E-state index contributed by atoms with van der Waals surface area (Å²) in [6.45, 7) is 5.42. The molecular weight excluding hydrogens is 286 g/mol. The van der Waals surface area contributed by atoms with Crippen LogP contribution in [0.2, 0.25) is 0 Å². The molecule has 3 nitrogen and oxygen atoms in total. The van der Waals surface area contributed by atoms with Crippen molar-refractivity contribution in [2.75, 3.05) is 23.0 Å². The van der Waals surface area contributed by atoms with Crippen molar-refractivity contribution in [1.82, 2.24) is 9.97 Å². The highest BCUT2D eigenvalue weighted by atomic mass is 79.9. The van der Waals surface area contributed by atoms with Crippen LogP contribution in [-0.4, -0.2) is 34.1 Å². The molecule has 0 saturated carbocycles. The van der Waals surface area contributed by atoms with E-state index in [0.29, 0.717) is 6.04 Å². The Labute approximate surface area is 109 Å². The van der Waals surface area contributed by atoms with Gasteiger partial charge in [0.15, 0.2) is 0 Å². The zero-order valence-electron chi connectivity index (χ0n) is 9.61. The zero-order valence-corrected chi connectivity index (χ0v) is 12.0. The molecule has 88 valence electrons. The van der Waals surface area contributed by atoms with Gasteiger partial charge in [0.25, 0.3) is 0 Å². The van der Waals surface area contributed by atoms with Gasteiger partial charge in [-0.1, -0.05) is 6.92 Å². The molecule has 1 aromatic heterocycles. The maximum absolute atomic E-state index is 4.60. The van der Waals surface area contributed by atoms with Gasteiger partial charge in [-0.15, -0.1) is 0 Å². The van der Waals surface area contributed by atoms with Crippen LogP contribution in [0.3, 0.4) is 0 Å². The second kappa shape index (κ2) is 5.36. The second-order valence-corrected chi connectivity index (χ2v) is 5.90. The molecule has 1 aliphatic rings. The third-order valence-electron chi connectivity index (χ3n) is 2.71. The highest BCUT2D eigenvalue weighted by Crippen LogP contribution is 2.24. The third kappa shape index (κ3) is 2.69. The summed E-state index contributed by atoms with van der Waals surface area (Å²) in [6, 6.07) is 2.58. The Kier molecular flexibility index (Phi) is 4.08. The summed E-state index contributed by atoms with van der Waals surface area (Å²) in [7, 11) is 0. The molecule has 16 heavy (non-hydrogen) atoms. The number of halogens is 1. The lowest BCUT2D eigenvalue weighted by atomic mass is 10.3. The largest absolute Gasteiger partial charge is 0.352 e. The lowest BCUT2D eigenvalue weighted by Crippen LogP contribution is -2.41. The molecule has 1 atom stereocenters. The fourth-order valence-electron chi connectivity index (χ4n) is 1.82. The minimum absolute atomic E-state index is 0.560. The molecule has 1 saturated heterocycles. The predicted octanol–water partition coefficient (Wildman–Crippen LogP) is 2.74. The number of anilines is 1. The van der Waals surface area contributed by atoms with E-state index in [9.17, 15) is 0 Å². The van der Waals surface area contributed by atoms with Gasteiger partial charge < -0.3 is 4.90 Å². The minimum Gasteiger partial charge on any atom is -0.352 e. The molecule has 1 unspecified atom stereocenters. The Balaban J connectivity index is 2.27. The molecule has 1 fully saturated rings. The van der Waals surface area contributed by atoms with Crippen molar-refractivity contribution in [2.45, 2.75) is 26.3 Å². The maximum atomic E-state index is 4.60. The summed E-state index contributed by atoms with van der Waals surface area (Å²) in [5.74, 6) is 4.34. The molecule has 5 heteroatoms. The van der Waals surface area contributed by atoms with E-state index in [-0.39, 0.29) is 0 Å². The monoisotopic (exact) mass is 301 g/mol. The highest BCUT2D eigenvalue weighted by Gasteiger charge is 2.20. The van der Waals surface area contributed by atoms with Crippen LogP contribution in [0.1, 0.15) is 19.7 Å². The molecule has 0 N–H and O–H groups in total. The molecule has 1 aromatic rings. The van der Waals surface area contributed by atoms with Crippen LogP contribution in [0.5, 0.6) is 0 Å². The van der Waals surface area contributed by atoms with E-state index in [4.69, 9.17) is 0 Å². The van der Waals surface area contributed by atoms with Gasteiger partial charge in [-0.3, -0.25) is 0 Å². The zero-order chi connectivity index (χ0) is 11.5. The van der Waals surface area contributed by atoms with Crippen molar-refractivity contribution in [3.8, 4) is 0 Å². The molecule has 1 aliphatic heterocycles. The van der Waals surface area contributed by atoms with E-state index in [1.54, 1.807) is 0 Å². The Morgan fingerprint density at radius 2 is 2.38 bits per heavy atom. The van der Waals surface area contributed by atoms with Gasteiger partial charge in [0.05, 0.1) is 0 Å². The first-order chi connectivity index (χ1) is 7.70. The smallest absolute Gasteiger partial charge is 0.133 e. The normalized spacial score (nSPS) is 21.2. The maximum Gasteiger partial charge on any atom is 0.133 e. The standard InChI is InChI=1S/C11H16BrN3S/c1-3-10-13-9(12)6-11(14-10)15-4-5-16-7-8(15)2/h6,8H,3-5,7H2,1-2H3. The van der Waals surface area contributed by atoms with Gasteiger partial charge in [-0.05, 0) is 22.9 Å². The number of aromatic nitrogens is 2. The van der Waals surface area contributed by atoms with E-state index in [2.05, 4.69) is 44.6 Å². The molecule has 0 radical (unpaired) electrons. The second-order valence-electron chi connectivity index (χ2n) is 3.94. The van der Waals surface area contributed by atoms with Crippen LogP contribution in [0, 0.1) is 0 Å². The molecule has 0 aliphatic carbocycles. The Morgan fingerprint density at radius 1 is 1.56 bits per heavy atom.